The van der Waals surface area contributed by atoms with E-state index in [2.05, 4.69) is 47.0 Å². The van der Waals surface area contributed by atoms with E-state index in [4.69, 9.17) is 4.74 Å². The number of hydrogen-bond donors (Lipinski definition) is 0. The van der Waals surface area contributed by atoms with Gasteiger partial charge < -0.3 is 4.74 Å². The maximum atomic E-state index is 13.1. The fraction of sp³-hybridized carbons (Fsp3) is 0.368. The SMILES string of the molecule is CC(C)(C)Cn1nnc2c(Br)c(OCc3ccccc3C(F)(F)F)ccc21. The second kappa shape index (κ2) is 7.14. The van der Waals surface area contributed by atoms with Crippen LogP contribution in [0.2, 0.25) is 0 Å². The molecule has 0 spiro atoms. The molecule has 0 aliphatic rings. The van der Waals surface area contributed by atoms with Crippen LogP contribution in [0.15, 0.2) is 40.9 Å². The van der Waals surface area contributed by atoms with Crippen molar-refractivity contribution in [2.45, 2.75) is 40.1 Å². The number of hydrogen-bond acceptors (Lipinski definition) is 3. The fourth-order valence-electron chi connectivity index (χ4n) is 2.74. The third-order valence-electron chi connectivity index (χ3n) is 3.92. The number of halogens is 4. The number of ether oxygens (including phenoxy) is 1. The summed E-state index contributed by atoms with van der Waals surface area (Å²) in [4.78, 5) is 0. The first-order valence-electron chi connectivity index (χ1n) is 8.36. The van der Waals surface area contributed by atoms with Crippen LogP contribution >= 0.6 is 15.9 Å². The fourth-order valence-corrected chi connectivity index (χ4v) is 3.27. The van der Waals surface area contributed by atoms with Crippen LogP contribution in [0, 0.1) is 5.41 Å². The molecule has 2 aromatic carbocycles. The largest absolute Gasteiger partial charge is 0.488 e. The summed E-state index contributed by atoms with van der Waals surface area (Å²) in [6, 6.07) is 8.91. The molecule has 0 aliphatic heterocycles. The van der Waals surface area contributed by atoms with Crippen molar-refractivity contribution in [3.8, 4) is 5.75 Å². The highest BCUT2D eigenvalue weighted by atomic mass is 79.9. The second-order valence-corrected chi connectivity index (χ2v) is 8.29. The molecule has 0 saturated carbocycles. The Morgan fingerprint density at radius 2 is 1.78 bits per heavy atom. The van der Waals surface area contributed by atoms with E-state index >= 15 is 0 Å². The summed E-state index contributed by atoms with van der Waals surface area (Å²) in [5.41, 5.74) is 0.858. The molecule has 144 valence electrons. The van der Waals surface area contributed by atoms with Gasteiger partial charge in [0.2, 0.25) is 0 Å². The van der Waals surface area contributed by atoms with E-state index in [9.17, 15) is 13.2 Å². The van der Waals surface area contributed by atoms with Crippen LogP contribution in [0.5, 0.6) is 5.75 Å². The lowest BCUT2D eigenvalue weighted by Crippen LogP contribution is -2.16. The summed E-state index contributed by atoms with van der Waals surface area (Å²) >= 11 is 3.44. The molecule has 0 bridgehead atoms. The minimum absolute atomic E-state index is 0.0313. The lowest BCUT2D eigenvalue weighted by atomic mass is 9.97. The van der Waals surface area contributed by atoms with Crippen LogP contribution in [0.25, 0.3) is 11.0 Å². The number of alkyl halides is 3. The van der Waals surface area contributed by atoms with Gasteiger partial charge in [0.1, 0.15) is 17.9 Å². The highest BCUT2D eigenvalue weighted by Crippen LogP contribution is 2.35. The number of nitrogens with zero attached hydrogens (tertiary/aromatic N) is 3. The Labute approximate surface area is 163 Å². The number of rotatable bonds is 4. The first-order valence-corrected chi connectivity index (χ1v) is 9.15. The van der Waals surface area contributed by atoms with Gasteiger partial charge in [-0.1, -0.05) is 44.2 Å². The van der Waals surface area contributed by atoms with Crippen LogP contribution in [0.1, 0.15) is 31.9 Å². The predicted molar refractivity (Wildman–Crippen MR) is 100 cm³/mol. The molecule has 27 heavy (non-hydrogen) atoms. The van der Waals surface area contributed by atoms with Gasteiger partial charge in [-0.25, -0.2) is 4.68 Å². The molecule has 1 aromatic heterocycles. The maximum absolute atomic E-state index is 13.1. The molecule has 0 atom stereocenters. The van der Waals surface area contributed by atoms with E-state index in [0.717, 1.165) is 11.6 Å². The highest BCUT2D eigenvalue weighted by molar-refractivity contribution is 9.10. The Morgan fingerprint density at radius 3 is 2.44 bits per heavy atom. The van der Waals surface area contributed by atoms with E-state index in [1.807, 2.05) is 10.7 Å². The molecule has 0 fully saturated rings. The van der Waals surface area contributed by atoms with Crippen LogP contribution in [0.4, 0.5) is 13.2 Å². The van der Waals surface area contributed by atoms with Crippen LogP contribution in [-0.2, 0) is 19.3 Å². The van der Waals surface area contributed by atoms with E-state index in [1.54, 1.807) is 12.1 Å². The van der Waals surface area contributed by atoms with Gasteiger partial charge >= 0.3 is 6.18 Å². The van der Waals surface area contributed by atoms with Crippen molar-refractivity contribution in [1.82, 2.24) is 15.0 Å². The number of benzene rings is 2. The topological polar surface area (TPSA) is 39.9 Å². The minimum atomic E-state index is -4.42. The monoisotopic (exact) mass is 441 g/mol. The second-order valence-electron chi connectivity index (χ2n) is 7.50. The average molecular weight is 442 g/mol. The van der Waals surface area contributed by atoms with Crippen LogP contribution < -0.4 is 4.74 Å². The van der Waals surface area contributed by atoms with Gasteiger partial charge in [-0.05, 0) is 39.5 Å². The van der Waals surface area contributed by atoms with Gasteiger partial charge in [-0.15, -0.1) is 5.10 Å². The van der Waals surface area contributed by atoms with Gasteiger partial charge in [-0.2, -0.15) is 13.2 Å². The van der Waals surface area contributed by atoms with Crippen LogP contribution in [0.3, 0.4) is 0 Å². The maximum Gasteiger partial charge on any atom is 0.416 e. The number of aromatic nitrogens is 3. The zero-order valence-corrected chi connectivity index (χ0v) is 16.7. The van der Waals surface area contributed by atoms with Crippen molar-refractivity contribution in [3.05, 3.63) is 52.0 Å². The molecule has 0 unspecified atom stereocenters. The van der Waals surface area contributed by atoms with Crippen molar-refractivity contribution >= 4 is 27.0 Å². The summed E-state index contributed by atoms with van der Waals surface area (Å²) in [6.45, 7) is 6.80. The molecule has 8 heteroatoms. The summed E-state index contributed by atoms with van der Waals surface area (Å²) in [5, 5.41) is 8.36. The molecule has 0 amide bonds. The number of fused-ring (bicyclic) bond motifs is 1. The molecule has 0 aliphatic carbocycles. The van der Waals surface area contributed by atoms with Gasteiger partial charge in [0.25, 0.3) is 0 Å². The van der Waals surface area contributed by atoms with Gasteiger partial charge in [0.05, 0.1) is 15.6 Å². The lowest BCUT2D eigenvalue weighted by Gasteiger charge is -2.18. The normalized spacial score (nSPS) is 12.6. The third-order valence-corrected chi connectivity index (χ3v) is 4.69. The first kappa shape index (κ1) is 19.7. The van der Waals surface area contributed by atoms with E-state index in [-0.39, 0.29) is 17.6 Å². The van der Waals surface area contributed by atoms with E-state index in [1.165, 1.54) is 12.1 Å². The van der Waals surface area contributed by atoms with E-state index in [0.29, 0.717) is 22.3 Å². The summed E-state index contributed by atoms with van der Waals surface area (Å²) < 4.78 is 47.4. The van der Waals surface area contributed by atoms with Crippen molar-refractivity contribution in [2.24, 2.45) is 5.41 Å². The summed E-state index contributed by atoms with van der Waals surface area (Å²) in [5.74, 6) is 0.419. The standard InChI is InChI=1S/C19H19BrF3N3O/c1-18(2,3)11-26-14-8-9-15(16(20)17(14)24-25-26)27-10-12-6-4-5-7-13(12)19(21,22)23/h4-9H,10-11H2,1-3H3. The average Bonchev–Trinajstić information content (AvgIpc) is 2.95. The quantitative estimate of drug-likeness (QED) is 0.510. The van der Waals surface area contributed by atoms with E-state index < -0.39 is 11.7 Å². The van der Waals surface area contributed by atoms with Gasteiger partial charge in [-0.3, -0.25) is 0 Å². The van der Waals surface area contributed by atoms with Gasteiger partial charge in [0, 0.05) is 12.1 Å². The zero-order valence-electron chi connectivity index (χ0n) is 15.1. The molecular formula is C19H19BrF3N3O. The molecular weight excluding hydrogens is 423 g/mol. The first-order chi connectivity index (χ1) is 12.6. The Balaban J connectivity index is 1.86. The molecule has 3 aromatic rings. The Bertz CT molecular complexity index is 961. The summed E-state index contributed by atoms with van der Waals surface area (Å²) in [7, 11) is 0. The Hall–Kier alpha value is -2.09. The lowest BCUT2D eigenvalue weighted by molar-refractivity contribution is -0.138. The molecule has 1 heterocycles. The van der Waals surface area contributed by atoms with Crippen molar-refractivity contribution in [3.63, 3.8) is 0 Å². The Kier molecular flexibility index (Phi) is 5.20. The molecule has 0 N–H and O–H groups in total. The molecule has 4 nitrogen and oxygen atoms in total. The van der Waals surface area contributed by atoms with Crippen molar-refractivity contribution in [1.29, 1.82) is 0 Å². The van der Waals surface area contributed by atoms with Crippen molar-refractivity contribution in [2.75, 3.05) is 0 Å². The molecule has 3 rings (SSSR count). The molecule has 0 radical (unpaired) electrons. The highest BCUT2D eigenvalue weighted by Gasteiger charge is 2.33. The van der Waals surface area contributed by atoms with Gasteiger partial charge in [0.15, 0.2) is 0 Å². The molecule has 0 saturated heterocycles. The smallest absolute Gasteiger partial charge is 0.416 e. The Morgan fingerprint density at radius 1 is 1.07 bits per heavy atom. The van der Waals surface area contributed by atoms with Crippen molar-refractivity contribution < 1.29 is 17.9 Å². The predicted octanol–water partition coefficient (Wildman–Crippen LogP) is 5.84. The zero-order chi connectivity index (χ0) is 19.8. The summed E-state index contributed by atoms with van der Waals surface area (Å²) in [6.07, 6.45) is -4.42. The van der Waals surface area contributed by atoms with Crippen LogP contribution in [-0.4, -0.2) is 15.0 Å². The third kappa shape index (κ3) is 4.43. The minimum Gasteiger partial charge on any atom is -0.488 e.